The Balaban J connectivity index is 2.29. The molecule has 2 atom stereocenters. The summed E-state index contributed by atoms with van der Waals surface area (Å²) in [6, 6.07) is 14.6. The molecule has 2 nitrogen and oxygen atoms in total. The zero-order chi connectivity index (χ0) is 18.4. The van der Waals surface area contributed by atoms with E-state index in [-0.39, 0.29) is 22.0 Å². The van der Waals surface area contributed by atoms with Crippen molar-refractivity contribution >= 4 is 10.8 Å². The van der Waals surface area contributed by atoms with Gasteiger partial charge in [-0.15, -0.1) is 0 Å². The minimum absolute atomic E-state index is 0.0230. The van der Waals surface area contributed by atoms with Gasteiger partial charge in [0.15, 0.2) is 5.94 Å². The molecule has 134 valence electrons. The lowest BCUT2D eigenvalue weighted by atomic mass is 9.78. The summed E-state index contributed by atoms with van der Waals surface area (Å²) >= 11 is 0. The van der Waals surface area contributed by atoms with E-state index >= 15 is 0 Å². The number of fused-ring (bicyclic) bond motifs is 1. The number of ether oxygens (including phenoxy) is 1. The normalized spacial score (nSPS) is 20.7. The van der Waals surface area contributed by atoms with Crippen molar-refractivity contribution in [2.24, 2.45) is 0 Å². The van der Waals surface area contributed by atoms with E-state index in [9.17, 15) is 4.21 Å². The van der Waals surface area contributed by atoms with Crippen molar-refractivity contribution in [2.45, 2.75) is 57.6 Å². The highest BCUT2D eigenvalue weighted by atomic mass is 32.2. The first-order valence-electron chi connectivity index (χ1n) is 8.83. The van der Waals surface area contributed by atoms with E-state index in [0.717, 1.165) is 16.9 Å². The average molecular weight is 357 g/mol. The van der Waals surface area contributed by atoms with Crippen LogP contribution in [0.4, 0.5) is 0 Å². The van der Waals surface area contributed by atoms with Crippen molar-refractivity contribution in [1.29, 1.82) is 0 Å². The largest absolute Gasteiger partial charge is 0.480 e. The fourth-order valence-electron chi connectivity index (χ4n) is 3.28. The molecule has 25 heavy (non-hydrogen) atoms. The van der Waals surface area contributed by atoms with Crippen molar-refractivity contribution < 1.29 is 8.95 Å². The van der Waals surface area contributed by atoms with Gasteiger partial charge in [0.25, 0.3) is 0 Å². The van der Waals surface area contributed by atoms with Gasteiger partial charge in [0.05, 0.1) is 16.0 Å². The maximum atomic E-state index is 12.9. The number of rotatable bonds is 1. The van der Waals surface area contributed by atoms with Crippen LogP contribution < -0.4 is 4.74 Å². The fraction of sp³-hybridized carbons (Fsp3) is 0.455. The predicted octanol–water partition coefficient (Wildman–Crippen LogP) is 5.47. The predicted molar refractivity (Wildman–Crippen MR) is 106 cm³/mol. The number of hydrogen-bond acceptors (Lipinski definition) is 2. The van der Waals surface area contributed by atoms with E-state index in [0.29, 0.717) is 0 Å². The smallest absolute Gasteiger partial charge is 0.164 e. The summed E-state index contributed by atoms with van der Waals surface area (Å²) in [5, 5.41) is -0.131. The van der Waals surface area contributed by atoms with Gasteiger partial charge in [0, 0.05) is 11.1 Å². The molecule has 3 rings (SSSR count). The van der Waals surface area contributed by atoms with Crippen LogP contribution in [0, 0.1) is 0 Å². The maximum absolute atomic E-state index is 12.9. The van der Waals surface area contributed by atoms with Crippen LogP contribution in [0.2, 0.25) is 0 Å². The van der Waals surface area contributed by atoms with Gasteiger partial charge in [0.2, 0.25) is 0 Å². The van der Waals surface area contributed by atoms with Gasteiger partial charge in [-0.05, 0) is 28.0 Å². The second kappa shape index (κ2) is 6.28. The van der Waals surface area contributed by atoms with Crippen molar-refractivity contribution in [3.8, 4) is 5.75 Å². The summed E-state index contributed by atoms with van der Waals surface area (Å²) in [5.41, 5.74) is 4.61. The molecule has 2 aromatic carbocycles. The monoisotopic (exact) mass is 356 g/mol. The Bertz CT molecular complexity index is 795. The molecular weight excluding hydrogens is 328 g/mol. The van der Waals surface area contributed by atoms with Gasteiger partial charge in [-0.1, -0.05) is 77.9 Å². The van der Waals surface area contributed by atoms with Gasteiger partial charge >= 0.3 is 0 Å². The Morgan fingerprint density at radius 3 is 2.16 bits per heavy atom. The molecule has 0 bridgehead atoms. The third kappa shape index (κ3) is 3.52. The summed E-state index contributed by atoms with van der Waals surface area (Å²) in [6.45, 7) is 13.3. The SMILES string of the molecule is CC(C)(C)c1cc2c(c(C(C)(C)C)c1)OCS(=O)C2c1ccccc1. The minimum atomic E-state index is -1.08. The van der Waals surface area contributed by atoms with Gasteiger partial charge in [-0.25, -0.2) is 0 Å². The summed E-state index contributed by atoms with van der Waals surface area (Å²) in [4.78, 5) is 0. The van der Waals surface area contributed by atoms with E-state index < -0.39 is 10.8 Å². The molecule has 0 N–H and O–H groups in total. The van der Waals surface area contributed by atoms with Gasteiger partial charge in [-0.3, -0.25) is 4.21 Å². The molecule has 2 unspecified atom stereocenters. The van der Waals surface area contributed by atoms with Crippen molar-refractivity contribution in [3.05, 3.63) is 64.7 Å². The van der Waals surface area contributed by atoms with Crippen LogP contribution >= 0.6 is 0 Å². The Morgan fingerprint density at radius 1 is 0.960 bits per heavy atom. The Hall–Kier alpha value is -1.61. The standard InChI is InChI=1S/C22H28O2S/c1-21(2,3)16-12-17-19(18(13-16)22(4,5)6)24-14-25(23)20(17)15-10-8-7-9-11-15/h7-13,20H,14H2,1-6H3. The van der Waals surface area contributed by atoms with Crippen LogP contribution in [-0.2, 0) is 21.6 Å². The molecule has 1 heterocycles. The molecule has 0 aromatic heterocycles. The molecule has 0 fully saturated rings. The molecular formula is C22H28O2S. The zero-order valence-electron chi connectivity index (χ0n) is 16.1. The van der Waals surface area contributed by atoms with Crippen LogP contribution in [0.5, 0.6) is 5.75 Å². The lowest BCUT2D eigenvalue weighted by molar-refractivity contribution is 0.358. The minimum Gasteiger partial charge on any atom is -0.480 e. The number of benzene rings is 2. The molecule has 1 aliphatic heterocycles. The molecule has 0 aliphatic carbocycles. The zero-order valence-corrected chi connectivity index (χ0v) is 16.9. The van der Waals surface area contributed by atoms with Gasteiger partial charge in [0.1, 0.15) is 5.75 Å². The second-order valence-electron chi connectivity index (χ2n) is 8.88. The topological polar surface area (TPSA) is 26.3 Å². The summed E-state index contributed by atoms with van der Waals surface area (Å²) < 4.78 is 18.9. The molecule has 1 aliphatic rings. The lowest BCUT2D eigenvalue weighted by Crippen LogP contribution is -2.26. The van der Waals surface area contributed by atoms with Crippen LogP contribution in [-0.4, -0.2) is 10.1 Å². The van der Waals surface area contributed by atoms with Gasteiger partial charge in [-0.2, -0.15) is 0 Å². The third-order valence-electron chi connectivity index (χ3n) is 4.76. The first kappa shape index (κ1) is 18.2. The summed E-state index contributed by atoms with van der Waals surface area (Å²) in [5.74, 6) is 1.18. The van der Waals surface area contributed by atoms with E-state index in [1.54, 1.807) is 0 Å². The Kier molecular flexibility index (Phi) is 4.57. The highest BCUT2D eigenvalue weighted by molar-refractivity contribution is 7.85. The van der Waals surface area contributed by atoms with Crippen molar-refractivity contribution in [3.63, 3.8) is 0 Å². The number of hydrogen-bond donors (Lipinski definition) is 0. The van der Waals surface area contributed by atoms with Crippen LogP contribution in [0.25, 0.3) is 0 Å². The summed E-state index contributed by atoms with van der Waals surface area (Å²) in [6.07, 6.45) is 0. The Labute approximate surface area is 154 Å². The quantitative estimate of drug-likeness (QED) is 0.677. The molecule has 0 radical (unpaired) electrons. The maximum Gasteiger partial charge on any atom is 0.164 e. The van der Waals surface area contributed by atoms with Crippen molar-refractivity contribution in [1.82, 2.24) is 0 Å². The first-order chi connectivity index (χ1) is 11.6. The van der Waals surface area contributed by atoms with Crippen LogP contribution in [0.15, 0.2) is 42.5 Å². The molecule has 0 saturated carbocycles. The van der Waals surface area contributed by atoms with E-state index in [2.05, 4.69) is 65.8 Å². The van der Waals surface area contributed by atoms with E-state index in [1.165, 1.54) is 11.1 Å². The highest BCUT2D eigenvalue weighted by Crippen LogP contribution is 2.46. The molecule has 3 heteroatoms. The van der Waals surface area contributed by atoms with Gasteiger partial charge < -0.3 is 4.74 Å². The average Bonchev–Trinajstić information content (AvgIpc) is 2.52. The summed E-state index contributed by atoms with van der Waals surface area (Å²) in [7, 11) is -1.08. The Morgan fingerprint density at radius 2 is 1.60 bits per heavy atom. The van der Waals surface area contributed by atoms with Crippen LogP contribution in [0.1, 0.15) is 69.0 Å². The molecule has 0 saturated heterocycles. The first-order valence-corrected chi connectivity index (χ1v) is 10.2. The lowest BCUT2D eigenvalue weighted by Gasteiger charge is -2.34. The second-order valence-corrected chi connectivity index (χ2v) is 10.3. The van der Waals surface area contributed by atoms with Crippen molar-refractivity contribution in [2.75, 3.05) is 5.94 Å². The van der Waals surface area contributed by atoms with E-state index in [1.807, 2.05) is 18.2 Å². The highest BCUT2D eigenvalue weighted by Gasteiger charge is 2.35. The van der Waals surface area contributed by atoms with Crippen LogP contribution in [0.3, 0.4) is 0 Å². The fourth-order valence-corrected chi connectivity index (χ4v) is 4.57. The third-order valence-corrected chi connectivity index (χ3v) is 6.16. The molecule has 0 amide bonds. The van der Waals surface area contributed by atoms with E-state index in [4.69, 9.17) is 4.74 Å². The molecule has 0 spiro atoms. The molecule has 2 aromatic rings.